The van der Waals surface area contributed by atoms with Crippen molar-refractivity contribution in [1.29, 1.82) is 0 Å². The summed E-state index contributed by atoms with van der Waals surface area (Å²) in [5.74, 6) is 0. The molecule has 1 aromatic heterocycles. The van der Waals surface area contributed by atoms with Gasteiger partial charge in [0.25, 0.3) is 0 Å². The van der Waals surface area contributed by atoms with Gasteiger partial charge >= 0.3 is 0 Å². The molecular weight excluding hydrogens is 184 g/mol. The van der Waals surface area contributed by atoms with Crippen molar-refractivity contribution < 1.29 is 4.74 Å². The minimum Gasteiger partial charge on any atom is -0.374 e. The van der Waals surface area contributed by atoms with E-state index in [-0.39, 0.29) is 0 Å². The second-order valence-electron chi connectivity index (χ2n) is 3.29. The van der Waals surface area contributed by atoms with Crippen LogP contribution in [0, 0.1) is 0 Å². The molecular formula is C9H14N2OS. The lowest BCUT2D eigenvalue weighted by Crippen LogP contribution is -2.26. The van der Waals surface area contributed by atoms with E-state index in [1.165, 1.54) is 12.8 Å². The van der Waals surface area contributed by atoms with Gasteiger partial charge < -0.3 is 10.1 Å². The van der Waals surface area contributed by atoms with Crippen molar-refractivity contribution in [2.24, 2.45) is 0 Å². The van der Waals surface area contributed by atoms with Gasteiger partial charge in [-0.25, -0.2) is 4.98 Å². The van der Waals surface area contributed by atoms with Crippen molar-refractivity contribution >= 4 is 11.3 Å². The van der Waals surface area contributed by atoms with Crippen LogP contribution < -0.4 is 5.32 Å². The fraction of sp³-hybridized carbons (Fsp3) is 0.667. The molecule has 13 heavy (non-hydrogen) atoms. The van der Waals surface area contributed by atoms with Gasteiger partial charge in [0.1, 0.15) is 0 Å². The van der Waals surface area contributed by atoms with E-state index >= 15 is 0 Å². The quantitative estimate of drug-likeness (QED) is 0.794. The molecule has 0 spiro atoms. The average molecular weight is 198 g/mol. The van der Waals surface area contributed by atoms with Gasteiger partial charge in [0.05, 0.1) is 24.4 Å². The molecule has 4 heteroatoms. The van der Waals surface area contributed by atoms with E-state index in [1.54, 1.807) is 11.3 Å². The van der Waals surface area contributed by atoms with Crippen LogP contribution in [0.1, 0.15) is 18.5 Å². The molecule has 0 aromatic carbocycles. The standard InChI is InChI=1S/C9H14N2OS/c1-2-8(10-3-1)4-12-5-9-6-13-7-11-9/h6-8,10H,1-5H2. The summed E-state index contributed by atoms with van der Waals surface area (Å²) in [6.45, 7) is 2.62. The molecule has 1 saturated heterocycles. The van der Waals surface area contributed by atoms with E-state index in [2.05, 4.69) is 10.3 Å². The Morgan fingerprint density at radius 1 is 1.69 bits per heavy atom. The maximum atomic E-state index is 5.54. The van der Waals surface area contributed by atoms with Gasteiger partial charge in [0, 0.05) is 11.4 Å². The minimum atomic E-state index is 0.568. The number of thiazole rings is 1. The molecule has 0 amide bonds. The Bertz CT molecular complexity index is 232. The van der Waals surface area contributed by atoms with Crippen LogP contribution in [0.3, 0.4) is 0 Å². The normalized spacial score (nSPS) is 22.3. The first-order valence-corrected chi connectivity index (χ1v) is 5.57. The summed E-state index contributed by atoms with van der Waals surface area (Å²) in [5, 5.41) is 5.42. The Morgan fingerprint density at radius 2 is 2.69 bits per heavy atom. The van der Waals surface area contributed by atoms with Crippen LogP contribution in [0.4, 0.5) is 0 Å². The van der Waals surface area contributed by atoms with Crippen molar-refractivity contribution in [3.63, 3.8) is 0 Å². The monoisotopic (exact) mass is 198 g/mol. The highest BCUT2D eigenvalue weighted by Crippen LogP contribution is 2.07. The van der Waals surface area contributed by atoms with E-state index in [0.717, 1.165) is 18.8 Å². The van der Waals surface area contributed by atoms with Crippen LogP contribution in [0.5, 0.6) is 0 Å². The summed E-state index contributed by atoms with van der Waals surface area (Å²) in [6.07, 6.45) is 2.53. The summed E-state index contributed by atoms with van der Waals surface area (Å²) in [7, 11) is 0. The van der Waals surface area contributed by atoms with Crippen molar-refractivity contribution in [2.75, 3.05) is 13.2 Å². The fourth-order valence-corrected chi connectivity index (χ4v) is 2.06. The van der Waals surface area contributed by atoms with Crippen molar-refractivity contribution in [1.82, 2.24) is 10.3 Å². The topological polar surface area (TPSA) is 34.1 Å². The second-order valence-corrected chi connectivity index (χ2v) is 4.01. The first-order chi connectivity index (χ1) is 6.45. The number of hydrogen-bond donors (Lipinski definition) is 1. The third-order valence-electron chi connectivity index (χ3n) is 2.21. The van der Waals surface area contributed by atoms with E-state index in [9.17, 15) is 0 Å². The lowest BCUT2D eigenvalue weighted by atomic mass is 10.2. The highest BCUT2D eigenvalue weighted by Gasteiger charge is 2.13. The van der Waals surface area contributed by atoms with Gasteiger partial charge in [-0.1, -0.05) is 0 Å². The third kappa shape index (κ3) is 2.76. The lowest BCUT2D eigenvalue weighted by molar-refractivity contribution is 0.101. The van der Waals surface area contributed by atoms with Gasteiger partial charge in [-0.3, -0.25) is 0 Å². The van der Waals surface area contributed by atoms with Gasteiger partial charge in [0.2, 0.25) is 0 Å². The largest absolute Gasteiger partial charge is 0.374 e. The summed E-state index contributed by atoms with van der Waals surface area (Å²) in [4.78, 5) is 4.15. The molecule has 0 radical (unpaired) electrons. The number of nitrogens with one attached hydrogen (secondary N) is 1. The smallest absolute Gasteiger partial charge is 0.0897 e. The van der Waals surface area contributed by atoms with Crippen LogP contribution in [0.15, 0.2) is 10.9 Å². The predicted octanol–water partition coefficient (Wildman–Crippen LogP) is 1.41. The molecule has 0 aliphatic carbocycles. The van der Waals surface area contributed by atoms with Crippen LogP contribution in [0.25, 0.3) is 0 Å². The van der Waals surface area contributed by atoms with Gasteiger partial charge in [-0.2, -0.15) is 0 Å². The predicted molar refractivity (Wildman–Crippen MR) is 52.8 cm³/mol. The Labute approximate surface area is 82.1 Å². The average Bonchev–Trinajstić information content (AvgIpc) is 2.75. The maximum Gasteiger partial charge on any atom is 0.0897 e. The number of ether oxygens (including phenoxy) is 1. The van der Waals surface area contributed by atoms with Crippen molar-refractivity contribution in [3.8, 4) is 0 Å². The van der Waals surface area contributed by atoms with Crippen LogP contribution >= 0.6 is 11.3 Å². The second kappa shape index (κ2) is 4.69. The summed E-state index contributed by atoms with van der Waals surface area (Å²) in [6, 6.07) is 0.568. The minimum absolute atomic E-state index is 0.568. The lowest BCUT2D eigenvalue weighted by Gasteiger charge is -2.09. The molecule has 1 aromatic rings. The molecule has 1 aliphatic heterocycles. The highest BCUT2D eigenvalue weighted by molar-refractivity contribution is 7.07. The molecule has 1 aliphatic rings. The van der Waals surface area contributed by atoms with E-state index in [0.29, 0.717) is 12.6 Å². The molecule has 1 fully saturated rings. The summed E-state index contributed by atoms with van der Waals surface area (Å²) >= 11 is 1.62. The number of nitrogens with zero attached hydrogens (tertiary/aromatic N) is 1. The summed E-state index contributed by atoms with van der Waals surface area (Å²) < 4.78 is 5.54. The zero-order chi connectivity index (χ0) is 8.93. The van der Waals surface area contributed by atoms with Crippen molar-refractivity contribution in [2.45, 2.75) is 25.5 Å². The Morgan fingerprint density at radius 3 is 3.38 bits per heavy atom. The summed E-state index contributed by atoms with van der Waals surface area (Å²) in [5.41, 5.74) is 2.88. The fourth-order valence-electron chi connectivity index (χ4n) is 1.51. The zero-order valence-corrected chi connectivity index (χ0v) is 8.35. The van der Waals surface area contributed by atoms with Gasteiger partial charge in [0.15, 0.2) is 0 Å². The van der Waals surface area contributed by atoms with Crippen LogP contribution in [0.2, 0.25) is 0 Å². The van der Waals surface area contributed by atoms with Crippen LogP contribution in [-0.2, 0) is 11.3 Å². The van der Waals surface area contributed by atoms with Gasteiger partial charge in [-0.05, 0) is 19.4 Å². The molecule has 72 valence electrons. The Hall–Kier alpha value is -0.450. The van der Waals surface area contributed by atoms with E-state index < -0.39 is 0 Å². The van der Waals surface area contributed by atoms with Gasteiger partial charge in [-0.15, -0.1) is 11.3 Å². The molecule has 1 N–H and O–H groups in total. The number of rotatable bonds is 4. The zero-order valence-electron chi connectivity index (χ0n) is 7.53. The molecule has 3 nitrogen and oxygen atoms in total. The maximum absolute atomic E-state index is 5.54. The Balaban J connectivity index is 1.63. The molecule has 2 rings (SSSR count). The first kappa shape index (κ1) is 9.12. The van der Waals surface area contributed by atoms with E-state index in [4.69, 9.17) is 4.74 Å². The SMILES string of the molecule is c1nc(COCC2CCCN2)cs1. The molecule has 2 heterocycles. The molecule has 0 saturated carbocycles. The third-order valence-corrected chi connectivity index (χ3v) is 2.85. The molecule has 1 atom stereocenters. The number of hydrogen-bond acceptors (Lipinski definition) is 4. The van der Waals surface area contributed by atoms with Crippen molar-refractivity contribution in [3.05, 3.63) is 16.6 Å². The molecule has 1 unspecified atom stereocenters. The molecule has 0 bridgehead atoms. The Kier molecular flexibility index (Phi) is 3.29. The number of aromatic nitrogens is 1. The van der Waals surface area contributed by atoms with Crippen LogP contribution in [-0.4, -0.2) is 24.2 Å². The first-order valence-electron chi connectivity index (χ1n) is 4.63. The van der Waals surface area contributed by atoms with E-state index in [1.807, 2.05) is 10.9 Å². The highest BCUT2D eigenvalue weighted by atomic mass is 32.1.